The number of rotatable bonds is 7. The van der Waals surface area contributed by atoms with E-state index in [0.29, 0.717) is 6.07 Å². The van der Waals surface area contributed by atoms with Crippen molar-refractivity contribution < 1.29 is 42.2 Å². The fraction of sp³-hybridized carbons (Fsp3) is 0.120. The number of benzene rings is 3. The van der Waals surface area contributed by atoms with Crippen LogP contribution in [0.1, 0.15) is 34.0 Å². The third-order valence-corrected chi connectivity index (χ3v) is 4.99. The van der Waals surface area contributed by atoms with Crippen LogP contribution in [0.15, 0.2) is 60.7 Å². The van der Waals surface area contributed by atoms with Gasteiger partial charge in [-0.05, 0) is 42.5 Å². The lowest BCUT2D eigenvalue weighted by Gasteiger charge is -2.17. The van der Waals surface area contributed by atoms with Gasteiger partial charge in [-0.25, -0.2) is 4.39 Å². The Morgan fingerprint density at radius 3 is 2.18 bits per heavy atom. The van der Waals surface area contributed by atoms with Gasteiger partial charge in [0.05, 0.1) is 27.5 Å². The Kier molecular flexibility index (Phi) is 9.94. The number of carboxylic acids is 2. The highest BCUT2D eigenvalue weighted by Gasteiger charge is 2.36. The quantitative estimate of drug-likeness (QED) is 0.186. The van der Waals surface area contributed by atoms with Gasteiger partial charge in [-0.1, -0.05) is 29.8 Å². The van der Waals surface area contributed by atoms with Crippen LogP contribution in [0.2, 0.25) is 5.02 Å². The average Bonchev–Trinajstić information content (AvgIpc) is 2.81. The fourth-order valence-corrected chi connectivity index (χ4v) is 3.40. The molecule has 0 bridgehead atoms. The minimum atomic E-state index is -4.87. The van der Waals surface area contributed by atoms with Gasteiger partial charge in [-0.2, -0.15) is 13.2 Å². The molecule has 0 heterocycles. The molecule has 0 aliphatic carbocycles. The van der Waals surface area contributed by atoms with Crippen LogP contribution in [0.5, 0.6) is 0 Å². The lowest BCUT2D eigenvalue weighted by atomic mass is 9.99. The summed E-state index contributed by atoms with van der Waals surface area (Å²) >= 11 is 5.90. The third-order valence-electron chi connectivity index (χ3n) is 4.67. The van der Waals surface area contributed by atoms with Crippen molar-refractivity contribution in [3.8, 4) is 0 Å². The predicted molar refractivity (Wildman–Crippen MR) is 133 cm³/mol. The zero-order valence-corrected chi connectivity index (χ0v) is 20.2. The van der Waals surface area contributed by atoms with Crippen molar-refractivity contribution in [1.82, 2.24) is 0 Å². The molecular weight excluding hydrogens is 534 g/mol. The molecule has 0 aromatic heterocycles. The maximum atomic E-state index is 14.3. The van der Waals surface area contributed by atoms with E-state index in [4.69, 9.17) is 32.0 Å². The van der Waals surface area contributed by atoms with Crippen LogP contribution in [-0.2, 0) is 15.8 Å². The zero-order chi connectivity index (χ0) is 28.6. The van der Waals surface area contributed by atoms with Gasteiger partial charge >= 0.3 is 12.1 Å². The van der Waals surface area contributed by atoms with Crippen molar-refractivity contribution in [3.05, 3.63) is 93.8 Å². The molecule has 0 saturated carbocycles. The number of carbonyl (C=O) groups excluding carboxylic acids is 1. The third kappa shape index (κ3) is 8.03. The summed E-state index contributed by atoms with van der Waals surface area (Å²) in [6.07, 6.45) is -4.87. The Balaban J connectivity index is 0.00000118. The highest BCUT2D eigenvalue weighted by molar-refractivity contribution is 6.34. The monoisotopic (exact) mass is 553 g/mol. The summed E-state index contributed by atoms with van der Waals surface area (Å²) in [4.78, 5) is 32.8. The van der Waals surface area contributed by atoms with E-state index >= 15 is 0 Å². The van der Waals surface area contributed by atoms with Gasteiger partial charge in [0.25, 0.3) is 11.9 Å². The van der Waals surface area contributed by atoms with E-state index in [9.17, 15) is 27.2 Å². The fourth-order valence-electron chi connectivity index (χ4n) is 3.14. The van der Waals surface area contributed by atoms with Crippen LogP contribution in [0.4, 0.5) is 28.9 Å². The van der Waals surface area contributed by atoms with Crippen LogP contribution >= 0.6 is 11.6 Å². The van der Waals surface area contributed by atoms with E-state index in [1.807, 2.05) is 0 Å². The molecule has 8 nitrogen and oxygen atoms in total. The Morgan fingerprint density at radius 2 is 1.61 bits per heavy atom. The highest BCUT2D eigenvalue weighted by Crippen LogP contribution is 2.36. The number of halogens is 5. The van der Waals surface area contributed by atoms with E-state index in [0.717, 1.165) is 25.1 Å². The first-order valence-electron chi connectivity index (χ1n) is 10.5. The highest BCUT2D eigenvalue weighted by atomic mass is 35.5. The summed E-state index contributed by atoms with van der Waals surface area (Å²) in [7, 11) is 0. The maximum absolute atomic E-state index is 14.3. The second-order valence-electron chi connectivity index (χ2n) is 7.50. The van der Waals surface area contributed by atoms with E-state index in [2.05, 4.69) is 10.6 Å². The molecule has 0 spiro atoms. The van der Waals surface area contributed by atoms with E-state index < -0.39 is 52.5 Å². The summed E-state index contributed by atoms with van der Waals surface area (Å²) in [6, 6.07) is 12.2. The largest absolute Gasteiger partial charge is 0.481 e. The summed E-state index contributed by atoms with van der Waals surface area (Å²) in [5, 5.41) is 29.1. The number of anilines is 2. The molecule has 13 heteroatoms. The molecule has 0 radical (unpaired) electrons. The molecule has 0 atom stereocenters. The average molecular weight is 554 g/mol. The van der Waals surface area contributed by atoms with Gasteiger partial charge in [0, 0.05) is 23.7 Å². The molecule has 0 unspecified atom stereocenters. The number of hydrogen-bond acceptors (Lipinski definition) is 5. The first kappa shape index (κ1) is 29.8. The van der Waals surface area contributed by atoms with Gasteiger partial charge in [0.2, 0.25) is 0 Å². The zero-order valence-electron chi connectivity index (χ0n) is 19.5. The van der Waals surface area contributed by atoms with E-state index in [-0.39, 0.29) is 28.2 Å². The molecule has 1 amide bonds. The van der Waals surface area contributed by atoms with E-state index in [1.54, 1.807) is 0 Å². The summed E-state index contributed by atoms with van der Waals surface area (Å²) in [6.45, 7) is 0.597. The van der Waals surface area contributed by atoms with Crippen molar-refractivity contribution in [2.75, 3.05) is 17.2 Å². The van der Waals surface area contributed by atoms with Crippen molar-refractivity contribution in [2.45, 2.75) is 13.1 Å². The lowest BCUT2D eigenvalue weighted by molar-refractivity contribution is -0.138. The molecule has 200 valence electrons. The molecule has 5 N–H and O–H groups in total. The molecular formula is C25H20ClF4N3O5. The Labute approximate surface area is 218 Å². The predicted octanol–water partition coefficient (Wildman–Crippen LogP) is 5.75. The number of carboxylic acid groups (broad SMARTS) is 2. The van der Waals surface area contributed by atoms with Crippen LogP contribution < -0.4 is 10.6 Å². The first-order valence-corrected chi connectivity index (χ1v) is 10.9. The number of amides is 1. The van der Waals surface area contributed by atoms with Gasteiger partial charge in [-0.15, -0.1) is 0 Å². The van der Waals surface area contributed by atoms with Gasteiger partial charge in [0.1, 0.15) is 12.4 Å². The Hall–Kier alpha value is -4.45. The smallest absolute Gasteiger partial charge is 0.417 e. The van der Waals surface area contributed by atoms with Crippen molar-refractivity contribution in [1.29, 1.82) is 5.41 Å². The molecule has 3 aromatic rings. The number of hydrogen-bond donors (Lipinski definition) is 5. The van der Waals surface area contributed by atoms with Gasteiger partial charge < -0.3 is 20.8 Å². The molecule has 0 aliphatic heterocycles. The second-order valence-corrected chi connectivity index (χ2v) is 7.90. The van der Waals surface area contributed by atoms with Crippen LogP contribution in [0, 0.1) is 11.2 Å². The first-order chi connectivity index (χ1) is 17.7. The Bertz CT molecular complexity index is 1380. The van der Waals surface area contributed by atoms with Crippen molar-refractivity contribution in [3.63, 3.8) is 0 Å². The Morgan fingerprint density at radius 1 is 0.974 bits per heavy atom. The molecule has 3 rings (SSSR count). The number of alkyl halides is 3. The standard InChI is InChI=1S/C23H16ClF4N3O3.C2H4O2/c24-16-6-3-5-15(23(26,27)28)20(16)22(34)31-18-10-12(30-11-19(32)33)8-9-14(18)21(29)13-4-1-2-7-17(13)25;1-2(3)4/h1-10,29-30H,11H2,(H,31,34)(H,32,33);1H3,(H,3,4). The van der Waals surface area contributed by atoms with Crippen molar-refractivity contribution in [2.24, 2.45) is 0 Å². The summed E-state index contributed by atoms with van der Waals surface area (Å²) < 4.78 is 54.6. The molecule has 0 fully saturated rings. The topological polar surface area (TPSA) is 140 Å². The molecule has 0 aliphatic rings. The van der Waals surface area contributed by atoms with Gasteiger partial charge in [-0.3, -0.25) is 19.8 Å². The van der Waals surface area contributed by atoms with Gasteiger partial charge in [0.15, 0.2) is 0 Å². The second kappa shape index (κ2) is 12.7. The number of carbonyl (C=O) groups is 3. The summed E-state index contributed by atoms with van der Waals surface area (Å²) in [5.74, 6) is -3.95. The summed E-state index contributed by atoms with van der Waals surface area (Å²) in [5.41, 5.74) is -2.53. The van der Waals surface area contributed by atoms with Crippen molar-refractivity contribution >= 4 is 46.5 Å². The minimum Gasteiger partial charge on any atom is -0.481 e. The lowest BCUT2D eigenvalue weighted by Crippen LogP contribution is -2.21. The van der Waals surface area contributed by atoms with Crippen LogP contribution in [0.25, 0.3) is 0 Å². The molecule has 38 heavy (non-hydrogen) atoms. The molecule has 0 saturated heterocycles. The van der Waals surface area contributed by atoms with Crippen LogP contribution in [0.3, 0.4) is 0 Å². The maximum Gasteiger partial charge on any atom is 0.417 e. The number of nitrogens with one attached hydrogen (secondary N) is 3. The van der Waals surface area contributed by atoms with Crippen LogP contribution in [-0.4, -0.2) is 40.3 Å². The number of aliphatic carboxylic acids is 2. The molecule has 3 aromatic carbocycles. The minimum absolute atomic E-state index is 0.0139. The normalized spacial score (nSPS) is 10.6. The SMILES string of the molecule is CC(=O)O.N=C(c1ccccc1F)c1ccc(NCC(=O)O)cc1NC(=O)c1c(Cl)cccc1C(F)(F)F. The van der Waals surface area contributed by atoms with E-state index in [1.165, 1.54) is 36.4 Å².